The van der Waals surface area contributed by atoms with Crippen LogP contribution >= 0.6 is 15.9 Å². The number of aryl methyl sites for hydroxylation is 1. The number of aromatic nitrogens is 1. The highest BCUT2D eigenvalue weighted by Crippen LogP contribution is 2.24. The van der Waals surface area contributed by atoms with Crippen LogP contribution in [0.3, 0.4) is 0 Å². The summed E-state index contributed by atoms with van der Waals surface area (Å²) in [5.74, 6) is 0. The number of halogens is 1. The number of rotatable bonds is 3. The first-order valence-electron chi connectivity index (χ1n) is 5.65. The molecule has 2 N–H and O–H groups in total. The molecule has 0 aliphatic rings. The van der Waals surface area contributed by atoms with Gasteiger partial charge in [-0.25, -0.2) is 0 Å². The molecule has 1 heterocycles. The van der Waals surface area contributed by atoms with E-state index < -0.39 is 0 Å². The first-order valence-corrected chi connectivity index (χ1v) is 6.44. The SMILES string of the molecule is CCn1c(CC(C)N)cc2ccc(Br)cc21. The molecule has 0 aliphatic heterocycles. The molecule has 0 bridgehead atoms. The van der Waals surface area contributed by atoms with Crippen LogP contribution in [0, 0.1) is 0 Å². The molecule has 2 aromatic rings. The smallest absolute Gasteiger partial charge is 0.0493 e. The van der Waals surface area contributed by atoms with Crippen LogP contribution in [-0.4, -0.2) is 10.6 Å². The number of benzene rings is 1. The Morgan fingerprint density at radius 1 is 1.38 bits per heavy atom. The number of nitrogens with two attached hydrogens (primary N) is 1. The van der Waals surface area contributed by atoms with Crippen molar-refractivity contribution < 1.29 is 0 Å². The number of fused-ring (bicyclic) bond motifs is 1. The zero-order valence-corrected chi connectivity index (χ0v) is 11.3. The van der Waals surface area contributed by atoms with Gasteiger partial charge in [0, 0.05) is 34.7 Å². The molecule has 16 heavy (non-hydrogen) atoms. The van der Waals surface area contributed by atoms with Crippen molar-refractivity contribution in [1.82, 2.24) is 4.57 Å². The summed E-state index contributed by atoms with van der Waals surface area (Å²) in [5, 5.41) is 1.29. The molecule has 3 heteroatoms. The Bertz CT molecular complexity index is 500. The van der Waals surface area contributed by atoms with E-state index in [0.717, 1.165) is 17.4 Å². The van der Waals surface area contributed by atoms with Crippen molar-refractivity contribution in [3.05, 3.63) is 34.4 Å². The van der Waals surface area contributed by atoms with Gasteiger partial charge in [-0.15, -0.1) is 0 Å². The second-order valence-electron chi connectivity index (χ2n) is 4.26. The monoisotopic (exact) mass is 280 g/mol. The van der Waals surface area contributed by atoms with Crippen molar-refractivity contribution in [1.29, 1.82) is 0 Å². The molecule has 2 nitrogen and oxygen atoms in total. The number of hydrogen-bond donors (Lipinski definition) is 1. The molecule has 0 radical (unpaired) electrons. The van der Waals surface area contributed by atoms with Crippen molar-refractivity contribution in [2.24, 2.45) is 5.73 Å². The summed E-state index contributed by atoms with van der Waals surface area (Å²) in [5.41, 5.74) is 8.49. The molecule has 1 aromatic carbocycles. The summed E-state index contributed by atoms with van der Waals surface area (Å²) in [7, 11) is 0. The van der Waals surface area contributed by atoms with Crippen molar-refractivity contribution >= 4 is 26.8 Å². The minimum absolute atomic E-state index is 0.207. The lowest BCUT2D eigenvalue weighted by atomic mass is 10.2. The second-order valence-corrected chi connectivity index (χ2v) is 5.18. The van der Waals surface area contributed by atoms with Gasteiger partial charge < -0.3 is 10.3 Å². The molecular weight excluding hydrogens is 264 g/mol. The highest BCUT2D eigenvalue weighted by molar-refractivity contribution is 9.10. The first kappa shape index (κ1) is 11.7. The molecule has 0 amide bonds. The lowest BCUT2D eigenvalue weighted by Gasteiger charge is -2.09. The third kappa shape index (κ3) is 2.15. The topological polar surface area (TPSA) is 30.9 Å². The molecule has 0 saturated carbocycles. The average Bonchev–Trinajstić information content (AvgIpc) is 2.53. The van der Waals surface area contributed by atoms with Crippen molar-refractivity contribution in [3.8, 4) is 0 Å². The van der Waals surface area contributed by atoms with Gasteiger partial charge in [0.2, 0.25) is 0 Å². The summed E-state index contributed by atoms with van der Waals surface area (Å²) in [6, 6.07) is 8.85. The summed E-state index contributed by atoms with van der Waals surface area (Å²) in [6.45, 7) is 5.21. The highest BCUT2D eigenvalue weighted by Gasteiger charge is 2.09. The van der Waals surface area contributed by atoms with Gasteiger partial charge >= 0.3 is 0 Å². The fourth-order valence-corrected chi connectivity index (χ4v) is 2.51. The fraction of sp³-hybridized carbons (Fsp3) is 0.385. The minimum Gasteiger partial charge on any atom is -0.345 e. The van der Waals surface area contributed by atoms with E-state index in [1.165, 1.54) is 16.6 Å². The zero-order valence-electron chi connectivity index (χ0n) is 9.70. The van der Waals surface area contributed by atoms with E-state index in [1.807, 2.05) is 6.92 Å². The number of hydrogen-bond acceptors (Lipinski definition) is 1. The third-order valence-corrected chi connectivity index (χ3v) is 3.29. The molecule has 1 unspecified atom stereocenters. The Balaban J connectivity index is 2.57. The van der Waals surface area contributed by atoms with Crippen LogP contribution in [0.15, 0.2) is 28.7 Å². The summed E-state index contributed by atoms with van der Waals surface area (Å²) in [4.78, 5) is 0. The van der Waals surface area contributed by atoms with E-state index in [2.05, 4.69) is 51.7 Å². The molecular formula is C13H17BrN2. The maximum absolute atomic E-state index is 5.88. The van der Waals surface area contributed by atoms with Gasteiger partial charge in [-0.05, 0) is 37.4 Å². The quantitative estimate of drug-likeness (QED) is 0.919. The first-order chi connectivity index (χ1) is 7.61. The van der Waals surface area contributed by atoms with Crippen LogP contribution < -0.4 is 5.73 Å². The van der Waals surface area contributed by atoms with Crippen LogP contribution in [0.1, 0.15) is 19.5 Å². The van der Waals surface area contributed by atoms with E-state index in [1.54, 1.807) is 0 Å². The zero-order chi connectivity index (χ0) is 11.7. The lowest BCUT2D eigenvalue weighted by Crippen LogP contribution is -2.19. The molecule has 1 aromatic heterocycles. The van der Waals surface area contributed by atoms with Gasteiger partial charge in [-0.3, -0.25) is 0 Å². The molecule has 0 fully saturated rings. The molecule has 0 spiro atoms. The van der Waals surface area contributed by atoms with Crippen molar-refractivity contribution in [2.75, 3.05) is 0 Å². The van der Waals surface area contributed by atoms with E-state index in [9.17, 15) is 0 Å². The van der Waals surface area contributed by atoms with Crippen LogP contribution in [0.2, 0.25) is 0 Å². The minimum atomic E-state index is 0.207. The van der Waals surface area contributed by atoms with Gasteiger partial charge in [0.15, 0.2) is 0 Å². The average molecular weight is 281 g/mol. The Morgan fingerprint density at radius 3 is 2.75 bits per heavy atom. The van der Waals surface area contributed by atoms with Gasteiger partial charge in [-0.2, -0.15) is 0 Å². The standard InChI is InChI=1S/C13H17BrN2/c1-3-16-12(6-9(2)15)7-10-4-5-11(14)8-13(10)16/h4-5,7-9H,3,6,15H2,1-2H3. The van der Waals surface area contributed by atoms with Crippen molar-refractivity contribution in [2.45, 2.75) is 32.9 Å². The van der Waals surface area contributed by atoms with E-state index in [0.29, 0.717) is 0 Å². The second kappa shape index (κ2) is 4.60. The van der Waals surface area contributed by atoms with Gasteiger partial charge in [0.05, 0.1) is 0 Å². The molecule has 0 saturated heterocycles. The number of nitrogens with zero attached hydrogens (tertiary/aromatic N) is 1. The Hall–Kier alpha value is -0.800. The van der Waals surface area contributed by atoms with E-state index in [-0.39, 0.29) is 6.04 Å². The van der Waals surface area contributed by atoms with Gasteiger partial charge in [0.25, 0.3) is 0 Å². The molecule has 0 aliphatic carbocycles. The van der Waals surface area contributed by atoms with Gasteiger partial charge in [-0.1, -0.05) is 22.0 Å². The molecule has 86 valence electrons. The summed E-state index contributed by atoms with van der Waals surface area (Å²) < 4.78 is 3.46. The van der Waals surface area contributed by atoms with E-state index >= 15 is 0 Å². The summed E-state index contributed by atoms with van der Waals surface area (Å²) >= 11 is 3.52. The fourth-order valence-electron chi connectivity index (χ4n) is 2.16. The Morgan fingerprint density at radius 2 is 2.12 bits per heavy atom. The predicted octanol–water partition coefficient (Wildman–Crippen LogP) is 3.31. The maximum Gasteiger partial charge on any atom is 0.0493 e. The molecule has 1 atom stereocenters. The lowest BCUT2D eigenvalue weighted by molar-refractivity contribution is 0.665. The highest BCUT2D eigenvalue weighted by atomic mass is 79.9. The van der Waals surface area contributed by atoms with Gasteiger partial charge in [0.1, 0.15) is 0 Å². The Labute approximate surface area is 105 Å². The van der Waals surface area contributed by atoms with E-state index in [4.69, 9.17) is 5.73 Å². The van der Waals surface area contributed by atoms with Crippen LogP contribution in [0.5, 0.6) is 0 Å². The summed E-state index contributed by atoms with van der Waals surface area (Å²) in [6.07, 6.45) is 0.931. The molecule has 2 rings (SSSR count). The third-order valence-electron chi connectivity index (χ3n) is 2.80. The van der Waals surface area contributed by atoms with Crippen LogP contribution in [0.4, 0.5) is 0 Å². The van der Waals surface area contributed by atoms with Crippen molar-refractivity contribution in [3.63, 3.8) is 0 Å². The maximum atomic E-state index is 5.88. The van der Waals surface area contributed by atoms with Crippen LogP contribution in [-0.2, 0) is 13.0 Å². The Kier molecular flexibility index (Phi) is 3.36. The van der Waals surface area contributed by atoms with Crippen LogP contribution in [0.25, 0.3) is 10.9 Å². The normalized spacial score (nSPS) is 13.2. The largest absolute Gasteiger partial charge is 0.345 e. The predicted molar refractivity (Wildman–Crippen MR) is 72.7 cm³/mol.